The SMILES string of the molecule is CCCCOc1cc2c(nc(O)n2Cc2ccc(CN(C)C(C)(C)C)cc2)c(N)n1. The minimum absolute atomic E-state index is 0.0826. The van der Waals surface area contributed by atoms with Crippen LogP contribution >= 0.6 is 0 Å². The van der Waals surface area contributed by atoms with E-state index in [1.54, 1.807) is 10.6 Å². The van der Waals surface area contributed by atoms with Gasteiger partial charge in [0.1, 0.15) is 5.52 Å². The molecule has 0 aliphatic carbocycles. The Hall–Kier alpha value is -2.80. The van der Waals surface area contributed by atoms with Gasteiger partial charge in [-0.3, -0.25) is 9.47 Å². The number of fused-ring (bicyclic) bond motifs is 1. The van der Waals surface area contributed by atoms with E-state index < -0.39 is 0 Å². The van der Waals surface area contributed by atoms with Gasteiger partial charge in [0.15, 0.2) is 5.82 Å². The number of pyridine rings is 1. The number of nitrogens with zero attached hydrogens (tertiary/aromatic N) is 4. The lowest BCUT2D eigenvalue weighted by atomic mass is 10.0. The molecule has 0 atom stereocenters. The fraction of sp³-hybridized carbons (Fsp3) is 0.478. The van der Waals surface area contributed by atoms with Crippen LogP contribution in [0.4, 0.5) is 5.82 Å². The van der Waals surface area contributed by atoms with Crippen molar-refractivity contribution in [3.05, 3.63) is 41.5 Å². The number of imidazole rings is 1. The Morgan fingerprint density at radius 1 is 1.13 bits per heavy atom. The summed E-state index contributed by atoms with van der Waals surface area (Å²) in [5.74, 6) is 0.712. The number of rotatable bonds is 8. The first-order chi connectivity index (χ1) is 14.2. The number of unbranched alkanes of at least 4 members (excludes halogenated alkanes) is 1. The van der Waals surface area contributed by atoms with E-state index in [1.165, 1.54) is 5.56 Å². The van der Waals surface area contributed by atoms with Crippen LogP contribution < -0.4 is 10.5 Å². The quantitative estimate of drug-likeness (QED) is 0.541. The molecule has 162 valence electrons. The van der Waals surface area contributed by atoms with Crippen LogP contribution in [0.3, 0.4) is 0 Å². The lowest BCUT2D eigenvalue weighted by Gasteiger charge is -2.31. The molecule has 7 heteroatoms. The summed E-state index contributed by atoms with van der Waals surface area (Å²) in [7, 11) is 2.13. The van der Waals surface area contributed by atoms with Gasteiger partial charge in [0.2, 0.25) is 5.88 Å². The van der Waals surface area contributed by atoms with Crippen LogP contribution in [-0.4, -0.2) is 43.7 Å². The Kier molecular flexibility index (Phi) is 6.51. The minimum atomic E-state index is -0.0826. The third-order valence-electron chi connectivity index (χ3n) is 5.40. The zero-order chi connectivity index (χ0) is 21.9. The lowest BCUT2D eigenvalue weighted by molar-refractivity contribution is 0.167. The zero-order valence-corrected chi connectivity index (χ0v) is 18.6. The van der Waals surface area contributed by atoms with E-state index >= 15 is 0 Å². The molecule has 0 spiro atoms. The summed E-state index contributed by atoms with van der Waals surface area (Å²) in [6, 6.07) is 10.1. The van der Waals surface area contributed by atoms with Gasteiger partial charge in [-0.25, -0.2) is 0 Å². The molecule has 0 saturated carbocycles. The number of aromatic nitrogens is 3. The molecule has 3 aromatic rings. The lowest BCUT2D eigenvalue weighted by Crippen LogP contribution is -2.37. The summed E-state index contributed by atoms with van der Waals surface area (Å²) < 4.78 is 7.44. The Morgan fingerprint density at radius 2 is 1.80 bits per heavy atom. The highest BCUT2D eigenvalue weighted by Crippen LogP contribution is 2.28. The minimum Gasteiger partial charge on any atom is -0.480 e. The summed E-state index contributed by atoms with van der Waals surface area (Å²) in [6.45, 7) is 10.7. The first-order valence-electron chi connectivity index (χ1n) is 10.5. The van der Waals surface area contributed by atoms with Gasteiger partial charge < -0.3 is 15.6 Å². The summed E-state index contributed by atoms with van der Waals surface area (Å²) in [5, 5.41) is 10.4. The van der Waals surface area contributed by atoms with Gasteiger partial charge in [-0.15, -0.1) is 0 Å². The fourth-order valence-corrected chi connectivity index (χ4v) is 3.10. The molecule has 3 N–H and O–H groups in total. The van der Waals surface area contributed by atoms with E-state index in [2.05, 4.69) is 73.9 Å². The van der Waals surface area contributed by atoms with E-state index in [9.17, 15) is 5.11 Å². The van der Waals surface area contributed by atoms with Crippen molar-refractivity contribution < 1.29 is 9.84 Å². The third kappa shape index (κ3) is 5.02. The van der Waals surface area contributed by atoms with Gasteiger partial charge in [0.05, 0.1) is 18.7 Å². The molecule has 0 saturated heterocycles. The van der Waals surface area contributed by atoms with Crippen LogP contribution in [-0.2, 0) is 13.1 Å². The molecule has 2 aromatic heterocycles. The average molecular weight is 412 g/mol. The van der Waals surface area contributed by atoms with Crippen LogP contribution in [0.1, 0.15) is 51.7 Å². The highest BCUT2D eigenvalue weighted by Gasteiger charge is 2.18. The normalized spacial score (nSPS) is 12.1. The van der Waals surface area contributed by atoms with E-state index in [0.29, 0.717) is 30.1 Å². The zero-order valence-electron chi connectivity index (χ0n) is 18.6. The Bertz CT molecular complexity index is 989. The molecule has 1 aromatic carbocycles. The molecule has 0 amide bonds. The van der Waals surface area contributed by atoms with Gasteiger partial charge in [-0.2, -0.15) is 9.97 Å². The molecule has 7 nitrogen and oxygen atoms in total. The van der Waals surface area contributed by atoms with Crippen LogP contribution in [0.2, 0.25) is 0 Å². The molecule has 0 radical (unpaired) electrons. The topological polar surface area (TPSA) is 89.4 Å². The number of nitrogens with two attached hydrogens (primary N) is 1. The van der Waals surface area contributed by atoms with Gasteiger partial charge in [-0.1, -0.05) is 37.6 Å². The van der Waals surface area contributed by atoms with Crippen LogP contribution in [0.15, 0.2) is 30.3 Å². The first kappa shape index (κ1) is 21.9. The van der Waals surface area contributed by atoms with Gasteiger partial charge in [-0.05, 0) is 45.4 Å². The van der Waals surface area contributed by atoms with E-state index in [0.717, 1.165) is 24.9 Å². The fourth-order valence-electron chi connectivity index (χ4n) is 3.10. The second kappa shape index (κ2) is 8.92. The predicted octanol–water partition coefficient (Wildman–Crippen LogP) is 4.18. The first-order valence-corrected chi connectivity index (χ1v) is 10.5. The number of hydrogen-bond donors (Lipinski definition) is 2. The van der Waals surface area contributed by atoms with Crippen LogP contribution in [0.5, 0.6) is 11.9 Å². The van der Waals surface area contributed by atoms with E-state index in [-0.39, 0.29) is 17.4 Å². The maximum atomic E-state index is 10.4. The second-order valence-corrected chi connectivity index (χ2v) is 8.76. The molecule has 0 fully saturated rings. The van der Waals surface area contributed by atoms with Gasteiger partial charge >= 0.3 is 0 Å². The second-order valence-electron chi connectivity index (χ2n) is 8.76. The molecule has 0 aliphatic rings. The van der Waals surface area contributed by atoms with Crippen molar-refractivity contribution in [3.8, 4) is 11.9 Å². The average Bonchev–Trinajstić information content (AvgIpc) is 2.99. The maximum Gasteiger partial charge on any atom is 0.295 e. The molecule has 3 rings (SSSR count). The molecule has 0 bridgehead atoms. The molecule has 2 heterocycles. The third-order valence-corrected chi connectivity index (χ3v) is 5.40. The van der Waals surface area contributed by atoms with Crippen LogP contribution in [0.25, 0.3) is 11.0 Å². The molecule has 30 heavy (non-hydrogen) atoms. The Labute approximate surface area is 178 Å². The summed E-state index contributed by atoms with van der Waals surface area (Å²) >= 11 is 0. The van der Waals surface area contributed by atoms with E-state index in [1.807, 2.05) is 0 Å². The summed E-state index contributed by atoms with van der Waals surface area (Å²) in [4.78, 5) is 10.8. The number of aromatic hydroxyl groups is 1. The number of hydrogen-bond acceptors (Lipinski definition) is 6. The number of anilines is 1. The molecule has 0 unspecified atom stereocenters. The van der Waals surface area contributed by atoms with Crippen molar-refractivity contribution in [2.75, 3.05) is 19.4 Å². The number of benzene rings is 1. The summed E-state index contributed by atoms with van der Waals surface area (Å²) in [5.41, 5.74) is 9.68. The highest BCUT2D eigenvalue weighted by molar-refractivity contribution is 5.87. The van der Waals surface area contributed by atoms with Crippen molar-refractivity contribution >= 4 is 16.9 Å². The molecular formula is C23H33N5O2. The predicted molar refractivity (Wildman–Crippen MR) is 121 cm³/mol. The highest BCUT2D eigenvalue weighted by atomic mass is 16.5. The Balaban J connectivity index is 1.82. The number of ether oxygens (including phenoxy) is 1. The van der Waals surface area contributed by atoms with Crippen molar-refractivity contribution in [1.29, 1.82) is 0 Å². The summed E-state index contributed by atoms with van der Waals surface area (Å²) in [6.07, 6.45) is 1.98. The number of nitrogen functional groups attached to an aromatic ring is 1. The van der Waals surface area contributed by atoms with Crippen LogP contribution in [0, 0.1) is 0 Å². The molecular weight excluding hydrogens is 378 g/mol. The Morgan fingerprint density at radius 3 is 2.43 bits per heavy atom. The van der Waals surface area contributed by atoms with Gasteiger partial charge in [0.25, 0.3) is 6.01 Å². The van der Waals surface area contributed by atoms with Crippen molar-refractivity contribution in [3.63, 3.8) is 0 Å². The monoisotopic (exact) mass is 411 g/mol. The van der Waals surface area contributed by atoms with Crippen molar-refractivity contribution in [1.82, 2.24) is 19.4 Å². The van der Waals surface area contributed by atoms with Crippen molar-refractivity contribution in [2.45, 2.75) is 59.2 Å². The van der Waals surface area contributed by atoms with Gasteiger partial charge in [0, 0.05) is 18.2 Å². The molecule has 0 aliphatic heterocycles. The smallest absolute Gasteiger partial charge is 0.295 e. The maximum absolute atomic E-state index is 10.4. The van der Waals surface area contributed by atoms with E-state index in [4.69, 9.17) is 10.5 Å². The standard InChI is InChI=1S/C23H33N5O2/c1-6-7-12-30-19-13-18-20(21(24)25-19)26-22(29)28(18)15-17-10-8-16(9-11-17)14-27(5)23(2,3)4/h8-11,13H,6-7,12,14-15H2,1-5H3,(H2,24,25)(H,26,29). The largest absolute Gasteiger partial charge is 0.480 e. The van der Waals surface area contributed by atoms with Crippen molar-refractivity contribution in [2.24, 2.45) is 0 Å².